The van der Waals surface area contributed by atoms with Crippen LogP contribution >= 0.6 is 11.8 Å². The van der Waals surface area contributed by atoms with Gasteiger partial charge < -0.3 is 0 Å². The van der Waals surface area contributed by atoms with E-state index in [1.807, 2.05) is 19.3 Å². The second kappa shape index (κ2) is 3.72. The molecule has 60 valence electrons. The summed E-state index contributed by atoms with van der Waals surface area (Å²) in [5.41, 5.74) is 0. The van der Waals surface area contributed by atoms with Gasteiger partial charge in [-0.05, 0) is 12.3 Å². The predicted molar refractivity (Wildman–Crippen MR) is 48.9 cm³/mol. The minimum Gasteiger partial charge on any atom is -0.299 e. The van der Waals surface area contributed by atoms with Gasteiger partial charge in [0, 0.05) is 12.6 Å². The Morgan fingerprint density at radius 1 is 1.82 bits per heavy atom. The normalized spacial score (nSPS) is 22.0. The largest absolute Gasteiger partial charge is 0.299 e. The lowest BCUT2D eigenvalue weighted by molar-refractivity contribution is -0.119. The number of allylic oxidation sites excluding steroid dienone is 1. The van der Waals surface area contributed by atoms with E-state index in [4.69, 9.17) is 0 Å². The van der Waals surface area contributed by atoms with Gasteiger partial charge in [0.2, 0.25) is 0 Å². The fraction of sp³-hybridized carbons (Fsp3) is 0.500. The lowest BCUT2D eigenvalue weighted by Gasteiger charge is -1.97. The SMILES string of the molecule is CCC(=O)C1C=NC(SC)=C1. The van der Waals surface area contributed by atoms with Crippen molar-refractivity contribution in [2.75, 3.05) is 6.26 Å². The van der Waals surface area contributed by atoms with E-state index in [-0.39, 0.29) is 11.7 Å². The maximum absolute atomic E-state index is 11.1. The highest BCUT2D eigenvalue weighted by Crippen LogP contribution is 2.21. The van der Waals surface area contributed by atoms with E-state index in [1.54, 1.807) is 18.0 Å². The number of aliphatic imine (C=N–C) groups is 1. The molecular formula is C8H11NOS. The van der Waals surface area contributed by atoms with Crippen molar-refractivity contribution in [2.45, 2.75) is 13.3 Å². The van der Waals surface area contributed by atoms with Crippen molar-refractivity contribution in [3.63, 3.8) is 0 Å². The molecule has 0 aromatic heterocycles. The Bertz CT molecular complexity index is 220. The fourth-order valence-electron chi connectivity index (χ4n) is 0.926. The third kappa shape index (κ3) is 1.93. The lowest BCUT2D eigenvalue weighted by atomic mass is 10.1. The average Bonchev–Trinajstić information content (AvgIpc) is 2.50. The van der Waals surface area contributed by atoms with Gasteiger partial charge in [-0.3, -0.25) is 9.79 Å². The van der Waals surface area contributed by atoms with Gasteiger partial charge >= 0.3 is 0 Å². The standard InChI is InChI=1S/C8H11NOS/c1-3-7(10)6-4-8(11-2)9-5-6/h4-6H,3H2,1-2H3. The molecule has 11 heavy (non-hydrogen) atoms. The molecule has 1 aliphatic rings. The highest BCUT2D eigenvalue weighted by molar-refractivity contribution is 8.02. The minimum atomic E-state index is -0.0533. The second-order valence-corrected chi connectivity index (χ2v) is 3.16. The van der Waals surface area contributed by atoms with Crippen molar-refractivity contribution in [1.29, 1.82) is 0 Å². The maximum Gasteiger partial charge on any atom is 0.144 e. The minimum absolute atomic E-state index is 0.0533. The molecule has 1 unspecified atom stereocenters. The van der Waals surface area contributed by atoms with Gasteiger partial charge in [0.05, 0.1) is 10.9 Å². The summed E-state index contributed by atoms with van der Waals surface area (Å²) < 4.78 is 0. The zero-order chi connectivity index (χ0) is 8.27. The third-order valence-corrected chi connectivity index (χ3v) is 2.27. The van der Waals surface area contributed by atoms with Crippen LogP contribution in [-0.2, 0) is 4.79 Å². The fourth-order valence-corrected chi connectivity index (χ4v) is 1.37. The Balaban J connectivity index is 2.61. The summed E-state index contributed by atoms with van der Waals surface area (Å²) in [4.78, 5) is 15.2. The van der Waals surface area contributed by atoms with Gasteiger partial charge in [0.1, 0.15) is 5.78 Å². The van der Waals surface area contributed by atoms with Gasteiger partial charge in [-0.2, -0.15) is 0 Å². The van der Waals surface area contributed by atoms with Crippen LogP contribution in [0, 0.1) is 5.92 Å². The smallest absolute Gasteiger partial charge is 0.144 e. The van der Waals surface area contributed by atoms with E-state index in [0.29, 0.717) is 6.42 Å². The number of hydrogen-bond acceptors (Lipinski definition) is 3. The molecule has 0 saturated carbocycles. The van der Waals surface area contributed by atoms with Gasteiger partial charge in [-0.15, -0.1) is 11.8 Å². The summed E-state index contributed by atoms with van der Waals surface area (Å²) in [6.45, 7) is 1.88. The van der Waals surface area contributed by atoms with Gasteiger partial charge in [-0.1, -0.05) is 6.92 Å². The predicted octanol–water partition coefficient (Wildman–Crippen LogP) is 1.87. The summed E-state index contributed by atoms with van der Waals surface area (Å²) in [5, 5.41) is 0.955. The highest BCUT2D eigenvalue weighted by atomic mass is 32.2. The Morgan fingerprint density at radius 3 is 3.00 bits per heavy atom. The monoisotopic (exact) mass is 169 g/mol. The molecule has 0 aromatic carbocycles. The molecule has 0 saturated heterocycles. The van der Waals surface area contributed by atoms with Crippen LogP contribution in [0.3, 0.4) is 0 Å². The summed E-state index contributed by atoms with van der Waals surface area (Å²) in [7, 11) is 0. The van der Waals surface area contributed by atoms with E-state index in [1.165, 1.54) is 0 Å². The van der Waals surface area contributed by atoms with Crippen molar-refractivity contribution in [3.05, 3.63) is 11.1 Å². The van der Waals surface area contributed by atoms with Crippen molar-refractivity contribution in [1.82, 2.24) is 0 Å². The van der Waals surface area contributed by atoms with E-state index < -0.39 is 0 Å². The molecular weight excluding hydrogens is 158 g/mol. The first-order valence-electron chi connectivity index (χ1n) is 3.60. The molecule has 0 fully saturated rings. The molecule has 1 rings (SSSR count). The topological polar surface area (TPSA) is 29.4 Å². The average molecular weight is 169 g/mol. The van der Waals surface area contributed by atoms with Crippen LogP contribution in [0.4, 0.5) is 0 Å². The van der Waals surface area contributed by atoms with Crippen LogP contribution < -0.4 is 0 Å². The van der Waals surface area contributed by atoms with Crippen LogP contribution in [0.15, 0.2) is 16.1 Å². The van der Waals surface area contributed by atoms with Crippen LogP contribution in [0.25, 0.3) is 0 Å². The van der Waals surface area contributed by atoms with E-state index >= 15 is 0 Å². The molecule has 3 heteroatoms. The first-order valence-corrected chi connectivity index (χ1v) is 4.83. The first kappa shape index (κ1) is 8.53. The zero-order valence-electron chi connectivity index (χ0n) is 6.70. The van der Waals surface area contributed by atoms with Crippen LogP contribution in [0.1, 0.15) is 13.3 Å². The molecule has 0 aromatic rings. The summed E-state index contributed by atoms with van der Waals surface area (Å²) in [5.74, 6) is 0.195. The Kier molecular flexibility index (Phi) is 2.88. The molecule has 0 amide bonds. The molecule has 2 nitrogen and oxygen atoms in total. The summed E-state index contributed by atoms with van der Waals surface area (Å²) in [6.07, 6.45) is 6.19. The van der Waals surface area contributed by atoms with Gasteiger partial charge in [-0.25, -0.2) is 0 Å². The molecule has 0 bridgehead atoms. The molecule has 0 radical (unpaired) electrons. The molecule has 0 aliphatic carbocycles. The van der Waals surface area contributed by atoms with Gasteiger partial charge in [0.15, 0.2) is 0 Å². The quantitative estimate of drug-likeness (QED) is 0.645. The Hall–Kier alpha value is -0.570. The number of nitrogens with zero attached hydrogens (tertiary/aromatic N) is 1. The zero-order valence-corrected chi connectivity index (χ0v) is 7.52. The van der Waals surface area contributed by atoms with E-state index in [0.717, 1.165) is 5.03 Å². The number of rotatable bonds is 3. The summed E-state index contributed by atoms with van der Waals surface area (Å²) >= 11 is 1.58. The van der Waals surface area contributed by atoms with Crippen molar-refractivity contribution >= 4 is 23.8 Å². The lowest BCUT2D eigenvalue weighted by Crippen LogP contribution is -2.09. The van der Waals surface area contributed by atoms with Crippen molar-refractivity contribution < 1.29 is 4.79 Å². The number of carbonyl (C=O) groups is 1. The number of ketones is 1. The van der Waals surface area contributed by atoms with Crippen LogP contribution in [-0.4, -0.2) is 18.3 Å². The first-order chi connectivity index (χ1) is 5.27. The maximum atomic E-state index is 11.1. The number of thioether (sulfide) groups is 1. The van der Waals surface area contributed by atoms with Gasteiger partial charge in [0.25, 0.3) is 0 Å². The van der Waals surface area contributed by atoms with E-state index in [9.17, 15) is 4.79 Å². The highest BCUT2D eigenvalue weighted by Gasteiger charge is 2.16. The third-order valence-electron chi connectivity index (χ3n) is 1.61. The second-order valence-electron chi connectivity index (χ2n) is 2.33. The number of Topliss-reactive ketones (excluding diaryl/α,β-unsaturated/α-hetero) is 1. The Morgan fingerprint density at radius 2 is 2.55 bits per heavy atom. The molecule has 1 atom stereocenters. The Labute approximate surface area is 70.8 Å². The summed E-state index contributed by atoms with van der Waals surface area (Å²) in [6, 6.07) is 0. The van der Waals surface area contributed by atoms with Crippen molar-refractivity contribution in [3.8, 4) is 0 Å². The van der Waals surface area contributed by atoms with E-state index in [2.05, 4.69) is 4.99 Å². The number of carbonyl (C=O) groups excluding carboxylic acids is 1. The van der Waals surface area contributed by atoms with Crippen LogP contribution in [0.5, 0.6) is 0 Å². The van der Waals surface area contributed by atoms with Crippen molar-refractivity contribution in [2.24, 2.45) is 10.9 Å². The molecule has 0 N–H and O–H groups in total. The number of hydrogen-bond donors (Lipinski definition) is 0. The molecule has 0 spiro atoms. The van der Waals surface area contributed by atoms with Crippen LogP contribution in [0.2, 0.25) is 0 Å². The molecule has 1 heterocycles. The molecule has 1 aliphatic heterocycles.